The minimum atomic E-state index is 0.989. The van der Waals surface area contributed by atoms with Crippen LogP contribution in [0.15, 0.2) is 18.2 Å². The highest BCUT2D eigenvalue weighted by molar-refractivity contribution is 5.63. The van der Waals surface area contributed by atoms with Crippen LogP contribution in [0.2, 0.25) is 0 Å². The van der Waals surface area contributed by atoms with Gasteiger partial charge in [-0.05, 0) is 37.5 Å². The molecule has 0 aliphatic carbocycles. The SMILES string of the molecule is CCNc1ccc2c(c1)N(C)CCC2. The normalized spacial score (nSPS) is 15.1. The van der Waals surface area contributed by atoms with Gasteiger partial charge in [-0.25, -0.2) is 0 Å². The number of nitrogens with one attached hydrogen (secondary N) is 1. The molecule has 0 radical (unpaired) electrons. The fourth-order valence-corrected chi connectivity index (χ4v) is 2.07. The van der Waals surface area contributed by atoms with Gasteiger partial charge in [-0.1, -0.05) is 6.07 Å². The van der Waals surface area contributed by atoms with E-state index in [1.54, 1.807) is 0 Å². The molecule has 0 saturated carbocycles. The average molecular weight is 190 g/mol. The summed E-state index contributed by atoms with van der Waals surface area (Å²) in [5, 5.41) is 3.35. The van der Waals surface area contributed by atoms with Crippen LogP contribution >= 0.6 is 0 Å². The first-order valence-electron chi connectivity index (χ1n) is 5.39. The van der Waals surface area contributed by atoms with E-state index in [1.807, 2.05) is 0 Å². The van der Waals surface area contributed by atoms with E-state index in [1.165, 1.54) is 36.3 Å². The van der Waals surface area contributed by atoms with Gasteiger partial charge in [0.1, 0.15) is 0 Å². The minimum absolute atomic E-state index is 0.989. The number of hydrogen-bond donors (Lipinski definition) is 1. The Morgan fingerprint density at radius 3 is 3.07 bits per heavy atom. The molecule has 0 saturated heterocycles. The summed E-state index contributed by atoms with van der Waals surface area (Å²) in [6, 6.07) is 6.70. The summed E-state index contributed by atoms with van der Waals surface area (Å²) in [6.45, 7) is 4.30. The van der Waals surface area contributed by atoms with Crippen LogP contribution in [0.25, 0.3) is 0 Å². The Morgan fingerprint density at radius 1 is 1.43 bits per heavy atom. The summed E-state index contributed by atoms with van der Waals surface area (Å²) >= 11 is 0. The molecule has 0 spiro atoms. The Morgan fingerprint density at radius 2 is 2.29 bits per heavy atom. The zero-order valence-corrected chi connectivity index (χ0v) is 9.01. The second kappa shape index (κ2) is 3.91. The molecule has 0 amide bonds. The monoisotopic (exact) mass is 190 g/mol. The van der Waals surface area contributed by atoms with Gasteiger partial charge in [-0.15, -0.1) is 0 Å². The number of hydrogen-bond acceptors (Lipinski definition) is 2. The summed E-state index contributed by atoms with van der Waals surface area (Å²) in [6.07, 6.45) is 2.51. The third-order valence-corrected chi connectivity index (χ3v) is 2.82. The molecule has 0 bridgehead atoms. The van der Waals surface area contributed by atoms with E-state index in [9.17, 15) is 0 Å². The second-order valence-corrected chi connectivity index (χ2v) is 3.90. The van der Waals surface area contributed by atoms with E-state index in [4.69, 9.17) is 0 Å². The molecule has 2 heteroatoms. The number of rotatable bonds is 2. The Hall–Kier alpha value is -1.18. The molecular formula is C12H18N2. The molecule has 14 heavy (non-hydrogen) atoms. The summed E-state index contributed by atoms with van der Waals surface area (Å²) in [7, 11) is 2.17. The van der Waals surface area contributed by atoms with E-state index >= 15 is 0 Å². The van der Waals surface area contributed by atoms with Gasteiger partial charge in [-0.3, -0.25) is 0 Å². The van der Waals surface area contributed by atoms with Gasteiger partial charge in [0.2, 0.25) is 0 Å². The van der Waals surface area contributed by atoms with E-state index < -0.39 is 0 Å². The van der Waals surface area contributed by atoms with Crippen molar-refractivity contribution in [3.63, 3.8) is 0 Å². The van der Waals surface area contributed by atoms with Gasteiger partial charge >= 0.3 is 0 Å². The van der Waals surface area contributed by atoms with Gasteiger partial charge in [-0.2, -0.15) is 0 Å². The summed E-state index contributed by atoms with van der Waals surface area (Å²) < 4.78 is 0. The molecule has 0 aromatic heterocycles. The van der Waals surface area contributed by atoms with Crippen LogP contribution in [-0.2, 0) is 6.42 Å². The first-order chi connectivity index (χ1) is 6.81. The van der Waals surface area contributed by atoms with E-state index in [0.717, 1.165) is 6.54 Å². The molecule has 2 nitrogen and oxygen atoms in total. The average Bonchev–Trinajstić information content (AvgIpc) is 2.20. The number of benzene rings is 1. The Bertz CT molecular complexity index is 320. The van der Waals surface area contributed by atoms with Crippen molar-refractivity contribution in [2.75, 3.05) is 30.4 Å². The predicted octanol–water partition coefficient (Wildman–Crippen LogP) is 2.50. The molecule has 0 unspecified atom stereocenters. The van der Waals surface area contributed by atoms with Crippen LogP contribution in [0.4, 0.5) is 11.4 Å². The maximum absolute atomic E-state index is 3.35. The van der Waals surface area contributed by atoms with Gasteiger partial charge in [0.15, 0.2) is 0 Å². The Balaban J connectivity index is 2.31. The van der Waals surface area contributed by atoms with Crippen molar-refractivity contribution in [3.05, 3.63) is 23.8 Å². The fourth-order valence-electron chi connectivity index (χ4n) is 2.07. The lowest BCUT2D eigenvalue weighted by Gasteiger charge is -2.28. The molecule has 76 valence electrons. The van der Waals surface area contributed by atoms with Crippen LogP contribution in [-0.4, -0.2) is 20.1 Å². The van der Waals surface area contributed by atoms with Crippen molar-refractivity contribution in [3.8, 4) is 0 Å². The third kappa shape index (κ3) is 1.69. The first kappa shape index (κ1) is 9.38. The maximum Gasteiger partial charge on any atom is 0.0416 e. The van der Waals surface area contributed by atoms with Crippen molar-refractivity contribution in [2.24, 2.45) is 0 Å². The van der Waals surface area contributed by atoms with Gasteiger partial charge in [0, 0.05) is 31.5 Å². The quantitative estimate of drug-likeness (QED) is 0.770. The number of aryl methyl sites for hydroxylation is 1. The van der Waals surface area contributed by atoms with E-state index in [0.29, 0.717) is 0 Å². The molecule has 1 aromatic carbocycles. The molecule has 0 atom stereocenters. The third-order valence-electron chi connectivity index (χ3n) is 2.82. The van der Waals surface area contributed by atoms with E-state index in [2.05, 4.69) is 42.4 Å². The summed E-state index contributed by atoms with van der Waals surface area (Å²) in [4.78, 5) is 2.35. The summed E-state index contributed by atoms with van der Waals surface area (Å²) in [5.74, 6) is 0. The Labute approximate surface area is 85.9 Å². The number of fused-ring (bicyclic) bond motifs is 1. The van der Waals surface area contributed by atoms with Gasteiger partial charge in [0.05, 0.1) is 0 Å². The van der Waals surface area contributed by atoms with Gasteiger partial charge in [0.25, 0.3) is 0 Å². The van der Waals surface area contributed by atoms with Crippen LogP contribution in [0.3, 0.4) is 0 Å². The molecule has 1 aliphatic heterocycles. The zero-order chi connectivity index (χ0) is 9.97. The Kier molecular flexibility index (Phi) is 2.62. The van der Waals surface area contributed by atoms with Gasteiger partial charge < -0.3 is 10.2 Å². The molecule has 1 aromatic rings. The van der Waals surface area contributed by atoms with Crippen molar-refractivity contribution in [1.29, 1.82) is 0 Å². The number of nitrogens with zero attached hydrogens (tertiary/aromatic N) is 1. The zero-order valence-electron chi connectivity index (χ0n) is 9.01. The largest absolute Gasteiger partial charge is 0.385 e. The van der Waals surface area contributed by atoms with Crippen molar-refractivity contribution < 1.29 is 0 Å². The predicted molar refractivity (Wildman–Crippen MR) is 62.2 cm³/mol. The standard InChI is InChI=1S/C12H18N2/c1-3-13-11-7-6-10-5-4-8-14(2)12(10)9-11/h6-7,9,13H,3-5,8H2,1-2H3. The van der Waals surface area contributed by atoms with Crippen LogP contribution < -0.4 is 10.2 Å². The lowest BCUT2D eigenvalue weighted by molar-refractivity contribution is 0.744. The first-order valence-corrected chi connectivity index (χ1v) is 5.39. The highest BCUT2D eigenvalue weighted by Gasteiger charge is 2.13. The van der Waals surface area contributed by atoms with Crippen molar-refractivity contribution in [2.45, 2.75) is 19.8 Å². The number of anilines is 2. The molecular weight excluding hydrogens is 172 g/mol. The van der Waals surface area contributed by atoms with Crippen LogP contribution in [0.5, 0.6) is 0 Å². The van der Waals surface area contributed by atoms with Crippen molar-refractivity contribution in [1.82, 2.24) is 0 Å². The van der Waals surface area contributed by atoms with E-state index in [-0.39, 0.29) is 0 Å². The minimum Gasteiger partial charge on any atom is -0.385 e. The lowest BCUT2D eigenvalue weighted by atomic mass is 10.0. The topological polar surface area (TPSA) is 15.3 Å². The van der Waals surface area contributed by atoms with Crippen molar-refractivity contribution >= 4 is 11.4 Å². The maximum atomic E-state index is 3.35. The lowest BCUT2D eigenvalue weighted by Crippen LogP contribution is -2.24. The molecule has 2 rings (SSSR count). The van der Waals surface area contributed by atoms with Crippen LogP contribution in [0.1, 0.15) is 18.9 Å². The summed E-state index contributed by atoms with van der Waals surface area (Å²) in [5.41, 5.74) is 4.12. The fraction of sp³-hybridized carbons (Fsp3) is 0.500. The smallest absolute Gasteiger partial charge is 0.0416 e. The second-order valence-electron chi connectivity index (χ2n) is 3.90. The molecule has 0 fully saturated rings. The highest BCUT2D eigenvalue weighted by Crippen LogP contribution is 2.28. The molecule has 1 N–H and O–H groups in total. The molecule has 1 heterocycles. The highest BCUT2D eigenvalue weighted by atomic mass is 15.1. The molecule has 1 aliphatic rings. The van der Waals surface area contributed by atoms with Crippen LogP contribution in [0, 0.1) is 0 Å².